The van der Waals surface area contributed by atoms with Crippen LogP contribution in [0.2, 0.25) is 0 Å². The number of anilines is 2. The number of nitrogen functional groups attached to an aromatic ring is 1. The van der Waals surface area contributed by atoms with E-state index in [0.717, 1.165) is 40.0 Å². The Balaban J connectivity index is 1.56. The number of fused-ring (bicyclic) bond motifs is 1. The first-order chi connectivity index (χ1) is 17.2. The number of sulfonamides is 1. The molecule has 2 aromatic heterocycles. The Morgan fingerprint density at radius 3 is 2.64 bits per heavy atom. The largest absolute Gasteiger partial charge is 0.424 e. The van der Waals surface area contributed by atoms with Gasteiger partial charge in [0.15, 0.2) is 0 Å². The Kier molecular flexibility index (Phi) is 6.34. The highest BCUT2D eigenvalue weighted by Gasteiger charge is 2.26. The quantitative estimate of drug-likeness (QED) is 0.304. The highest BCUT2D eigenvalue weighted by Crippen LogP contribution is 2.42. The van der Waals surface area contributed by atoms with Crippen molar-refractivity contribution >= 4 is 32.3 Å². The van der Waals surface area contributed by atoms with Crippen LogP contribution in [0.4, 0.5) is 11.4 Å². The molecule has 0 aliphatic heterocycles. The van der Waals surface area contributed by atoms with E-state index in [1.165, 1.54) is 12.8 Å². The summed E-state index contributed by atoms with van der Waals surface area (Å²) >= 11 is 0. The minimum absolute atomic E-state index is 0.0916. The smallest absolute Gasteiger partial charge is 0.322 e. The van der Waals surface area contributed by atoms with Crippen LogP contribution in [0, 0.1) is 19.8 Å². The molecule has 5 rings (SSSR count). The van der Waals surface area contributed by atoms with Gasteiger partial charge in [0.25, 0.3) is 0 Å². The van der Waals surface area contributed by atoms with E-state index in [1.807, 2.05) is 57.2 Å². The fourth-order valence-electron chi connectivity index (χ4n) is 4.53. The predicted molar refractivity (Wildman–Crippen MR) is 144 cm³/mol. The SMILES string of the molecule is CCCS(=O)(=O)Nc1ccc(-c2c(N)c3ccc(Oc4nccc(C)n4)cc3n2CC2CC2)c(C)c1. The minimum Gasteiger partial charge on any atom is -0.424 e. The summed E-state index contributed by atoms with van der Waals surface area (Å²) < 4.78 is 35.4. The summed E-state index contributed by atoms with van der Waals surface area (Å²) in [5.74, 6) is 1.35. The summed E-state index contributed by atoms with van der Waals surface area (Å²) in [4.78, 5) is 8.55. The normalized spacial score (nSPS) is 13.8. The van der Waals surface area contributed by atoms with Crippen molar-refractivity contribution in [2.24, 2.45) is 5.92 Å². The van der Waals surface area contributed by atoms with Crippen molar-refractivity contribution in [3.63, 3.8) is 0 Å². The van der Waals surface area contributed by atoms with Crippen molar-refractivity contribution in [2.75, 3.05) is 16.2 Å². The van der Waals surface area contributed by atoms with Gasteiger partial charge in [-0.3, -0.25) is 4.72 Å². The topological polar surface area (TPSA) is 112 Å². The van der Waals surface area contributed by atoms with Gasteiger partial charge in [0.05, 0.1) is 22.7 Å². The second-order valence-electron chi connectivity index (χ2n) is 9.53. The van der Waals surface area contributed by atoms with E-state index in [1.54, 1.807) is 12.3 Å². The summed E-state index contributed by atoms with van der Waals surface area (Å²) in [6, 6.07) is 13.6. The maximum atomic E-state index is 12.2. The lowest BCUT2D eigenvalue weighted by Gasteiger charge is -2.15. The molecule has 2 heterocycles. The molecule has 2 aromatic carbocycles. The molecule has 8 nitrogen and oxygen atoms in total. The third kappa shape index (κ3) is 5.02. The van der Waals surface area contributed by atoms with Gasteiger partial charge in [-0.05, 0) is 74.9 Å². The van der Waals surface area contributed by atoms with Crippen molar-refractivity contribution in [1.82, 2.24) is 14.5 Å². The van der Waals surface area contributed by atoms with Gasteiger partial charge < -0.3 is 15.0 Å². The molecule has 0 bridgehead atoms. The lowest BCUT2D eigenvalue weighted by molar-refractivity contribution is 0.440. The van der Waals surface area contributed by atoms with E-state index in [9.17, 15) is 8.42 Å². The number of ether oxygens (including phenoxy) is 1. The van der Waals surface area contributed by atoms with Gasteiger partial charge in [-0.15, -0.1) is 0 Å². The Morgan fingerprint density at radius 2 is 1.94 bits per heavy atom. The zero-order valence-corrected chi connectivity index (χ0v) is 21.6. The number of rotatable bonds is 9. The summed E-state index contributed by atoms with van der Waals surface area (Å²) in [5.41, 5.74) is 12.7. The molecule has 1 aliphatic rings. The van der Waals surface area contributed by atoms with Gasteiger partial charge >= 0.3 is 6.01 Å². The number of nitrogens with zero attached hydrogens (tertiary/aromatic N) is 3. The maximum absolute atomic E-state index is 12.2. The molecule has 0 saturated heterocycles. The van der Waals surface area contributed by atoms with Crippen LogP contribution in [0.15, 0.2) is 48.7 Å². The lowest BCUT2D eigenvalue weighted by Crippen LogP contribution is -2.16. The Bertz CT molecular complexity index is 1540. The average molecular weight is 506 g/mol. The van der Waals surface area contributed by atoms with E-state index < -0.39 is 10.0 Å². The number of hydrogen-bond acceptors (Lipinski definition) is 6. The number of aromatic nitrogens is 3. The van der Waals surface area contributed by atoms with Gasteiger partial charge in [0.1, 0.15) is 5.75 Å². The predicted octanol–water partition coefficient (Wildman–Crippen LogP) is 5.65. The highest BCUT2D eigenvalue weighted by atomic mass is 32.2. The molecule has 0 spiro atoms. The third-order valence-corrected chi connectivity index (χ3v) is 7.91. The molecule has 9 heteroatoms. The Labute approximate surface area is 211 Å². The van der Waals surface area contributed by atoms with Crippen molar-refractivity contribution in [1.29, 1.82) is 0 Å². The van der Waals surface area contributed by atoms with Gasteiger partial charge in [0, 0.05) is 41.1 Å². The van der Waals surface area contributed by atoms with E-state index in [2.05, 4.69) is 19.3 Å². The summed E-state index contributed by atoms with van der Waals surface area (Å²) in [6.07, 6.45) is 4.63. The minimum atomic E-state index is -3.36. The molecule has 1 saturated carbocycles. The van der Waals surface area contributed by atoms with E-state index in [4.69, 9.17) is 10.5 Å². The molecule has 188 valence electrons. The molecule has 1 fully saturated rings. The van der Waals surface area contributed by atoms with Crippen molar-refractivity contribution in [2.45, 2.75) is 46.6 Å². The van der Waals surface area contributed by atoms with Crippen molar-refractivity contribution < 1.29 is 13.2 Å². The maximum Gasteiger partial charge on any atom is 0.322 e. The summed E-state index contributed by atoms with van der Waals surface area (Å²) in [7, 11) is -3.36. The fourth-order valence-corrected chi connectivity index (χ4v) is 5.66. The molecule has 0 unspecified atom stereocenters. The van der Waals surface area contributed by atoms with E-state index in [-0.39, 0.29) is 5.75 Å². The van der Waals surface area contributed by atoms with Crippen LogP contribution in [-0.4, -0.2) is 28.7 Å². The monoisotopic (exact) mass is 505 g/mol. The number of aryl methyl sites for hydroxylation is 2. The van der Waals surface area contributed by atoms with Crippen LogP contribution in [0.25, 0.3) is 22.2 Å². The molecule has 0 radical (unpaired) electrons. The molecule has 1 aliphatic carbocycles. The lowest BCUT2D eigenvalue weighted by atomic mass is 10.0. The molecule has 3 N–H and O–H groups in total. The van der Waals surface area contributed by atoms with E-state index in [0.29, 0.717) is 35.5 Å². The zero-order valence-electron chi connectivity index (χ0n) is 20.8. The first-order valence-electron chi connectivity index (χ1n) is 12.2. The van der Waals surface area contributed by atoms with Crippen LogP contribution in [0.3, 0.4) is 0 Å². The Hall–Kier alpha value is -3.59. The van der Waals surface area contributed by atoms with Gasteiger partial charge in [-0.1, -0.05) is 13.0 Å². The van der Waals surface area contributed by atoms with Crippen molar-refractivity contribution in [3.05, 3.63) is 59.9 Å². The molecule has 4 aromatic rings. The van der Waals surface area contributed by atoms with Crippen LogP contribution < -0.4 is 15.2 Å². The molecule has 0 amide bonds. The van der Waals surface area contributed by atoms with E-state index >= 15 is 0 Å². The van der Waals surface area contributed by atoms with Gasteiger partial charge in [-0.2, -0.15) is 0 Å². The second-order valence-corrected chi connectivity index (χ2v) is 11.4. The first-order valence-corrected chi connectivity index (χ1v) is 13.9. The number of hydrogen-bond donors (Lipinski definition) is 2. The third-order valence-electron chi connectivity index (χ3n) is 6.42. The molecule has 0 atom stereocenters. The van der Waals surface area contributed by atoms with Crippen LogP contribution >= 0.6 is 0 Å². The van der Waals surface area contributed by atoms with Crippen LogP contribution in [-0.2, 0) is 16.6 Å². The summed E-state index contributed by atoms with van der Waals surface area (Å²) in [6.45, 7) is 6.58. The fraction of sp³-hybridized carbons (Fsp3) is 0.333. The van der Waals surface area contributed by atoms with Crippen molar-refractivity contribution in [3.8, 4) is 23.0 Å². The summed E-state index contributed by atoms with van der Waals surface area (Å²) in [5, 5.41) is 0.954. The second kappa shape index (κ2) is 9.46. The number of nitrogens with two attached hydrogens (primary N) is 1. The number of nitrogens with one attached hydrogen (secondary N) is 1. The zero-order chi connectivity index (χ0) is 25.4. The molecule has 36 heavy (non-hydrogen) atoms. The van der Waals surface area contributed by atoms with Gasteiger partial charge in [0.2, 0.25) is 10.0 Å². The first kappa shape index (κ1) is 24.1. The van der Waals surface area contributed by atoms with Crippen LogP contribution in [0.5, 0.6) is 11.8 Å². The van der Waals surface area contributed by atoms with Gasteiger partial charge in [-0.25, -0.2) is 18.4 Å². The number of benzene rings is 2. The molecular formula is C27H31N5O3S. The molecular weight excluding hydrogens is 474 g/mol. The standard InChI is InChI=1S/C27H31N5O3S/c1-4-13-36(33,34)31-20-7-9-22(17(2)14-20)26-25(28)23-10-8-21(35-27-29-12-11-18(3)30-27)15-24(23)32(26)16-19-5-6-19/h7-12,14-15,19,31H,4-6,13,16,28H2,1-3H3. The van der Waals surface area contributed by atoms with Crippen LogP contribution in [0.1, 0.15) is 37.4 Å². The average Bonchev–Trinajstić information content (AvgIpc) is 3.59. The highest BCUT2D eigenvalue weighted by molar-refractivity contribution is 7.92. The Morgan fingerprint density at radius 1 is 1.14 bits per heavy atom.